The van der Waals surface area contributed by atoms with Crippen molar-refractivity contribution in [2.24, 2.45) is 0 Å². The third-order valence-corrected chi connectivity index (χ3v) is 4.58. The van der Waals surface area contributed by atoms with E-state index in [9.17, 15) is 26.7 Å². The van der Waals surface area contributed by atoms with Gasteiger partial charge in [0.2, 0.25) is 0 Å². The Bertz CT molecular complexity index is 1080. The van der Waals surface area contributed by atoms with Crippen molar-refractivity contribution in [1.82, 2.24) is 20.1 Å². The van der Waals surface area contributed by atoms with Crippen LogP contribution in [0.25, 0.3) is 5.69 Å². The lowest BCUT2D eigenvalue weighted by Gasteiger charge is -2.15. The molecule has 1 aromatic carbocycles. The minimum atomic E-state index is -5.11. The van der Waals surface area contributed by atoms with E-state index < -0.39 is 23.4 Å². The Balaban J connectivity index is 1.65. The SMILES string of the molecule is O=C1NCCc2c1cnn2-c1ccnc(Cc2cc(F)c(C(F)(F)F)c(F)c2)c1. The Hall–Kier alpha value is -3.30. The summed E-state index contributed by atoms with van der Waals surface area (Å²) in [6.45, 7) is 0.472. The highest BCUT2D eigenvalue weighted by Gasteiger charge is 2.37. The van der Waals surface area contributed by atoms with Crippen LogP contribution in [0.1, 0.15) is 32.9 Å². The maximum absolute atomic E-state index is 13.8. The van der Waals surface area contributed by atoms with Gasteiger partial charge < -0.3 is 5.32 Å². The Labute approximate surface area is 161 Å². The lowest BCUT2D eigenvalue weighted by atomic mass is 10.0. The number of benzene rings is 1. The van der Waals surface area contributed by atoms with E-state index in [1.165, 1.54) is 12.4 Å². The first-order valence-electron chi connectivity index (χ1n) is 8.59. The normalized spacial score (nSPS) is 13.9. The molecule has 4 rings (SSSR count). The summed E-state index contributed by atoms with van der Waals surface area (Å²) in [5.74, 6) is -3.56. The number of hydrogen-bond donors (Lipinski definition) is 1. The topological polar surface area (TPSA) is 59.8 Å². The number of carbonyl (C=O) groups excluding carboxylic acids is 1. The van der Waals surface area contributed by atoms with Crippen LogP contribution in [0.4, 0.5) is 22.0 Å². The number of amides is 1. The van der Waals surface area contributed by atoms with Gasteiger partial charge in [0.1, 0.15) is 17.2 Å². The summed E-state index contributed by atoms with van der Waals surface area (Å²) in [7, 11) is 0. The molecule has 10 heteroatoms. The molecule has 0 atom stereocenters. The molecule has 3 heterocycles. The first-order valence-corrected chi connectivity index (χ1v) is 8.59. The van der Waals surface area contributed by atoms with Crippen molar-refractivity contribution < 1.29 is 26.7 Å². The van der Waals surface area contributed by atoms with Crippen LogP contribution in [-0.2, 0) is 19.0 Å². The maximum atomic E-state index is 13.8. The first-order chi connectivity index (χ1) is 13.7. The second-order valence-corrected chi connectivity index (χ2v) is 6.54. The number of nitrogens with zero attached hydrogens (tertiary/aromatic N) is 3. The Morgan fingerprint density at radius 1 is 1.14 bits per heavy atom. The molecule has 0 saturated heterocycles. The molecule has 0 aliphatic carbocycles. The Morgan fingerprint density at radius 2 is 1.86 bits per heavy atom. The quantitative estimate of drug-likeness (QED) is 0.676. The highest BCUT2D eigenvalue weighted by molar-refractivity contribution is 5.96. The highest BCUT2D eigenvalue weighted by atomic mass is 19.4. The number of pyridine rings is 1. The smallest absolute Gasteiger partial charge is 0.352 e. The van der Waals surface area contributed by atoms with Crippen molar-refractivity contribution in [2.75, 3.05) is 6.54 Å². The van der Waals surface area contributed by atoms with Crippen LogP contribution >= 0.6 is 0 Å². The summed E-state index contributed by atoms with van der Waals surface area (Å²) in [6, 6.07) is 4.56. The van der Waals surface area contributed by atoms with Gasteiger partial charge >= 0.3 is 6.18 Å². The fourth-order valence-electron chi connectivity index (χ4n) is 3.32. The van der Waals surface area contributed by atoms with Gasteiger partial charge in [0, 0.05) is 31.3 Å². The van der Waals surface area contributed by atoms with Crippen molar-refractivity contribution >= 4 is 5.91 Å². The molecule has 0 unspecified atom stereocenters. The summed E-state index contributed by atoms with van der Waals surface area (Å²) >= 11 is 0. The lowest BCUT2D eigenvalue weighted by molar-refractivity contribution is -0.142. The van der Waals surface area contributed by atoms with E-state index in [1.807, 2.05) is 0 Å². The molecule has 1 amide bonds. The van der Waals surface area contributed by atoms with Crippen LogP contribution in [0.15, 0.2) is 36.7 Å². The second-order valence-electron chi connectivity index (χ2n) is 6.54. The lowest BCUT2D eigenvalue weighted by Crippen LogP contribution is -2.32. The van der Waals surface area contributed by atoms with Crippen molar-refractivity contribution in [3.63, 3.8) is 0 Å². The molecular formula is C19H13F5N4O. The van der Waals surface area contributed by atoms with E-state index in [0.29, 0.717) is 42.0 Å². The van der Waals surface area contributed by atoms with E-state index >= 15 is 0 Å². The van der Waals surface area contributed by atoms with Crippen molar-refractivity contribution in [1.29, 1.82) is 0 Å². The van der Waals surface area contributed by atoms with Crippen LogP contribution in [0.2, 0.25) is 0 Å². The summed E-state index contributed by atoms with van der Waals surface area (Å²) in [4.78, 5) is 16.0. The molecule has 0 spiro atoms. The highest BCUT2D eigenvalue weighted by Crippen LogP contribution is 2.34. The number of hydrogen-bond acceptors (Lipinski definition) is 3. The molecule has 5 nitrogen and oxygen atoms in total. The molecule has 0 radical (unpaired) electrons. The largest absolute Gasteiger partial charge is 0.422 e. The molecule has 2 aromatic heterocycles. The molecule has 150 valence electrons. The molecule has 0 fully saturated rings. The molecule has 1 N–H and O–H groups in total. The molecule has 29 heavy (non-hydrogen) atoms. The summed E-state index contributed by atoms with van der Waals surface area (Å²) in [6.07, 6.45) is -1.71. The van der Waals surface area contributed by atoms with E-state index in [2.05, 4.69) is 15.4 Å². The van der Waals surface area contributed by atoms with Crippen molar-refractivity contribution in [3.05, 3.63) is 76.4 Å². The minimum absolute atomic E-state index is 0.0134. The molecule has 3 aromatic rings. The average Bonchev–Trinajstić information content (AvgIpc) is 3.05. The molecule has 1 aliphatic heterocycles. The summed E-state index contributed by atoms with van der Waals surface area (Å²) in [5, 5.41) is 6.93. The molecular weight excluding hydrogens is 395 g/mol. The number of aromatic nitrogens is 3. The van der Waals surface area contributed by atoms with E-state index in [0.717, 1.165) is 5.69 Å². The first kappa shape index (κ1) is 19.0. The van der Waals surface area contributed by atoms with Gasteiger partial charge in [0.15, 0.2) is 0 Å². The monoisotopic (exact) mass is 408 g/mol. The third-order valence-electron chi connectivity index (χ3n) is 4.58. The number of nitrogens with one attached hydrogen (secondary N) is 1. The van der Waals surface area contributed by atoms with Gasteiger partial charge in [0.25, 0.3) is 5.91 Å². The van der Waals surface area contributed by atoms with Crippen LogP contribution in [0, 0.1) is 11.6 Å². The van der Waals surface area contributed by atoms with Gasteiger partial charge in [-0.3, -0.25) is 9.78 Å². The number of carbonyl (C=O) groups is 1. The van der Waals surface area contributed by atoms with Gasteiger partial charge in [-0.15, -0.1) is 0 Å². The van der Waals surface area contributed by atoms with E-state index in [-0.39, 0.29) is 17.9 Å². The van der Waals surface area contributed by atoms with Gasteiger partial charge in [-0.25, -0.2) is 13.5 Å². The zero-order valence-corrected chi connectivity index (χ0v) is 14.7. The number of alkyl halides is 3. The van der Waals surface area contributed by atoms with Gasteiger partial charge in [-0.1, -0.05) is 0 Å². The summed E-state index contributed by atoms with van der Waals surface area (Å²) in [5.41, 5.74) is 0.243. The van der Waals surface area contributed by atoms with Gasteiger partial charge in [-0.2, -0.15) is 18.3 Å². The van der Waals surface area contributed by atoms with Crippen LogP contribution in [0.5, 0.6) is 0 Å². The third kappa shape index (κ3) is 3.57. The Morgan fingerprint density at radius 3 is 2.55 bits per heavy atom. The van der Waals surface area contributed by atoms with Crippen molar-refractivity contribution in [3.8, 4) is 5.69 Å². The number of halogens is 5. The summed E-state index contributed by atoms with van der Waals surface area (Å²) < 4.78 is 67.3. The van der Waals surface area contributed by atoms with Crippen LogP contribution in [0.3, 0.4) is 0 Å². The standard InChI is InChI=1S/C19H13F5N4O/c20-14-6-10(7-15(21)17(14)19(22,23)24)5-11-8-12(1-3-25-11)28-16-2-4-26-18(29)13(16)9-27-28/h1,3,6-9H,2,4-5H2,(H,26,29). The predicted molar refractivity (Wildman–Crippen MR) is 91.6 cm³/mol. The second kappa shape index (κ2) is 6.94. The molecule has 0 bridgehead atoms. The zero-order chi connectivity index (χ0) is 20.8. The Kier molecular flexibility index (Phi) is 4.56. The zero-order valence-electron chi connectivity index (χ0n) is 14.7. The number of fused-ring (bicyclic) bond motifs is 1. The van der Waals surface area contributed by atoms with Gasteiger partial charge in [0.05, 0.1) is 23.1 Å². The van der Waals surface area contributed by atoms with Crippen molar-refractivity contribution in [2.45, 2.75) is 19.0 Å². The van der Waals surface area contributed by atoms with Crippen LogP contribution in [-0.4, -0.2) is 27.2 Å². The van der Waals surface area contributed by atoms with E-state index in [4.69, 9.17) is 0 Å². The molecule has 1 aliphatic rings. The van der Waals surface area contributed by atoms with E-state index in [1.54, 1.807) is 16.8 Å². The van der Waals surface area contributed by atoms with Crippen LogP contribution < -0.4 is 5.32 Å². The van der Waals surface area contributed by atoms with Gasteiger partial charge in [-0.05, 0) is 29.8 Å². The fourth-order valence-corrected chi connectivity index (χ4v) is 3.32. The fraction of sp³-hybridized carbons (Fsp3) is 0.211. The minimum Gasteiger partial charge on any atom is -0.352 e. The molecule has 0 saturated carbocycles. The maximum Gasteiger partial charge on any atom is 0.422 e. The predicted octanol–water partition coefficient (Wildman–Crippen LogP) is 3.44. The number of rotatable bonds is 3. The average molecular weight is 408 g/mol.